The second-order valence-electron chi connectivity index (χ2n) is 4.68. The summed E-state index contributed by atoms with van der Waals surface area (Å²) in [5, 5.41) is 0. The van der Waals surface area contributed by atoms with Crippen LogP contribution in [-0.2, 0) is 9.47 Å². The summed E-state index contributed by atoms with van der Waals surface area (Å²) >= 11 is 0. The van der Waals surface area contributed by atoms with Crippen LogP contribution in [0.15, 0.2) is 18.2 Å². The second kappa shape index (κ2) is 5.87. The largest absolute Gasteiger partial charge is 0.459 e. The number of hydrogen-bond donors (Lipinski definition) is 1. The average Bonchev–Trinajstić information content (AvgIpc) is 2.40. The van der Waals surface area contributed by atoms with Gasteiger partial charge in [0.15, 0.2) is 0 Å². The van der Waals surface area contributed by atoms with Crippen molar-refractivity contribution in [2.24, 2.45) is 0 Å². The zero-order valence-corrected chi connectivity index (χ0v) is 10.6. The van der Waals surface area contributed by atoms with Gasteiger partial charge in [-0.1, -0.05) is 11.6 Å². The molecule has 0 aliphatic carbocycles. The first-order chi connectivity index (χ1) is 8.66. The Kier molecular flexibility index (Phi) is 4.20. The lowest BCUT2D eigenvalue weighted by Gasteiger charge is -2.22. The number of hydrogen-bond acceptors (Lipinski definition) is 4. The van der Waals surface area contributed by atoms with E-state index in [-0.39, 0.29) is 12.1 Å². The van der Waals surface area contributed by atoms with Gasteiger partial charge in [-0.2, -0.15) is 0 Å². The van der Waals surface area contributed by atoms with Crippen molar-refractivity contribution in [1.82, 2.24) is 0 Å². The SMILES string of the molecule is Cc1ccc(N)c(C(=O)OCC2CCCCO2)c1. The maximum atomic E-state index is 11.9. The molecule has 1 aliphatic heterocycles. The number of nitrogens with two attached hydrogens (primary N) is 1. The van der Waals surface area contributed by atoms with Gasteiger partial charge in [-0.05, 0) is 38.3 Å². The molecule has 0 saturated carbocycles. The number of carbonyl (C=O) groups is 1. The molecule has 0 amide bonds. The molecule has 1 unspecified atom stereocenters. The van der Waals surface area contributed by atoms with E-state index in [9.17, 15) is 4.79 Å². The zero-order valence-electron chi connectivity index (χ0n) is 10.6. The fourth-order valence-electron chi connectivity index (χ4n) is 2.03. The highest BCUT2D eigenvalue weighted by molar-refractivity contribution is 5.95. The summed E-state index contributed by atoms with van der Waals surface area (Å²) in [5.41, 5.74) is 7.65. The fourth-order valence-corrected chi connectivity index (χ4v) is 2.03. The Balaban J connectivity index is 1.92. The van der Waals surface area contributed by atoms with Gasteiger partial charge in [-0.25, -0.2) is 4.79 Å². The summed E-state index contributed by atoms with van der Waals surface area (Å²) in [5.74, 6) is -0.370. The summed E-state index contributed by atoms with van der Waals surface area (Å²) in [6, 6.07) is 5.35. The number of ether oxygens (including phenoxy) is 2. The van der Waals surface area contributed by atoms with Gasteiger partial charge < -0.3 is 15.2 Å². The van der Waals surface area contributed by atoms with Crippen LogP contribution in [0.4, 0.5) is 5.69 Å². The molecule has 1 heterocycles. The normalized spacial score (nSPS) is 19.5. The molecule has 1 fully saturated rings. The van der Waals surface area contributed by atoms with E-state index in [4.69, 9.17) is 15.2 Å². The topological polar surface area (TPSA) is 61.6 Å². The maximum absolute atomic E-state index is 11.9. The van der Waals surface area contributed by atoms with Gasteiger partial charge in [-0.3, -0.25) is 0 Å². The Bertz CT molecular complexity index is 425. The average molecular weight is 249 g/mol. The Morgan fingerprint density at radius 3 is 3.06 bits per heavy atom. The molecule has 2 N–H and O–H groups in total. The number of rotatable bonds is 3. The molecule has 1 atom stereocenters. The summed E-state index contributed by atoms with van der Waals surface area (Å²) in [6.45, 7) is 2.99. The van der Waals surface area contributed by atoms with Gasteiger partial charge in [0.1, 0.15) is 6.61 Å². The van der Waals surface area contributed by atoms with Gasteiger partial charge in [-0.15, -0.1) is 0 Å². The highest BCUT2D eigenvalue weighted by Crippen LogP contribution is 2.17. The van der Waals surface area contributed by atoms with Crippen molar-refractivity contribution >= 4 is 11.7 Å². The molecule has 4 heteroatoms. The molecule has 18 heavy (non-hydrogen) atoms. The highest BCUT2D eigenvalue weighted by Gasteiger charge is 2.17. The quantitative estimate of drug-likeness (QED) is 0.659. The van der Waals surface area contributed by atoms with Gasteiger partial charge in [0, 0.05) is 12.3 Å². The molecular weight excluding hydrogens is 230 g/mol. The Morgan fingerprint density at radius 2 is 2.33 bits per heavy atom. The zero-order chi connectivity index (χ0) is 13.0. The van der Waals surface area contributed by atoms with Gasteiger partial charge in [0.25, 0.3) is 0 Å². The van der Waals surface area contributed by atoms with E-state index in [1.807, 2.05) is 13.0 Å². The van der Waals surface area contributed by atoms with Crippen molar-refractivity contribution in [3.8, 4) is 0 Å². The second-order valence-corrected chi connectivity index (χ2v) is 4.68. The van der Waals surface area contributed by atoms with Gasteiger partial charge >= 0.3 is 5.97 Å². The van der Waals surface area contributed by atoms with Crippen LogP contribution in [0.5, 0.6) is 0 Å². The van der Waals surface area contributed by atoms with Crippen LogP contribution in [0.25, 0.3) is 0 Å². The Morgan fingerprint density at radius 1 is 1.50 bits per heavy atom. The summed E-state index contributed by atoms with van der Waals surface area (Å²) in [6.07, 6.45) is 3.22. The first kappa shape index (κ1) is 12.9. The molecule has 0 aromatic heterocycles. The standard InChI is InChI=1S/C14H19NO3/c1-10-5-6-13(15)12(8-10)14(16)18-9-11-4-2-3-7-17-11/h5-6,8,11H,2-4,7,9,15H2,1H3. The van der Waals surface area contributed by atoms with Crippen molar-refractivity contribution < 1.29 is 14.3 Å². The number of carbonyl (C=O) groups excluding carboxylic acids is 1. The van der Waals surface area contributed by atoms with Crippen LogP contribution in [0.2, 0.25) is 0 Å². The Hall–Kier alpha value is -1.55. The molecule has 1 saturated heterocycles. The van der Waals surface area contributed by atoms with Crippen molar-refractivity contribution in [2.45, 2.75) is 32.3 Å². The lowest BCUT2D eigenvalue weighted by Crippen LogP contribution is -2.26. The molecule has 1 aliphatic rings. The first-order valence-electron chi connectivity index (χ1n) is 6.31. The maximum Gasteiger partial charge on any atom is 0.340 e. The molecule has 0 bridgehead atoms. The lowest BCUT2D eigenvalue weighted by molar-refractivity contribution is -0.0300. The van der Waals surface area contributed by atoms with E-state index in [0.29, 0.717) is 17.9 Å². The summed E-state index contributed by atoms with van der Waals surface area (Å²) in [4.78, 5) is 11.9. The van der Waals surface area contributed by atoms with E-state index in [1.54, 1.807) is 12.1 Å². The lowest BCUT2D eigenvalue weighted by atomic mass is 10.1. The molecule has 1 aromatic carbocycles. The predicted molar refractivity (Wildman–Crippen MR) is 69.5 cm³/mol. The smallest absolute Gasteiger partial charge is 0.340 e. The third-order valence-corrected chi connectivity index (χ3v) is 3.10. The first-order valence-corrected chi connectivity index (χ1v) is 6.31. The van der Waals surface area contributed by atoms with Gasteiger partial charge in [0.05, 0.1) is 11.7 Å². The summed E-state index contributed by atoms with van der Waals surface area (Å²) < 4.78 is 10.8. The van der Waals surface area contributed by atoms with E-state index >= 15 is 0 Å². The van der Waals surface area contributed by atoms with Crippen LogP contribution in [0.1, 0.15) is 35.2 Å². The Labute approximate surface area is 107 Å². The van der Waals surface area contributed by atoms with E-state index < -0.39 is 0 Å². The number of esters is 1. The summed E-state index contributed by atoms with van der Waals surface area (Å²) in [7, 11) is 0. The number of nitrogen functional groups attached to an aromatic ring is 1. The van der Waals surface area contributed by atoms with Crippen molar-refractivity contribution in [3.63, 3.8) is 0 Å². The third kappa shape index (κ3) is 3.23. The predicted octanol–water partition coefficient (Wildman–Crippen LogP) is 2.30. The van der Waals surface area contributed by atoms with Crippen LogP contribution < -0.4 is 5.73 Å². The minimum atomic E-state index is -0.370. The van der Waals surface area contributed by atoms with Crippen molar-refractivity contribution in [1.29, 1.82) is 0 Å². The number of benzene rings is 1. The number of aryl methyl sites for hydroxylation is 1. The number of anilines is 1. The van der Waals surface area contributed by atoms with E-state index in [1.165, 1.54) is 0 Å². The van der Waals surface area contributed by atoms with E-state index in [2.05, 4.69) is 0 Å². The fraction of sp³-hybridized carbons (Fsp3) is 0.500. The van der Waals surface area contributed by atoms with Crippen molar-refractivity contribution in [3.05, 3.63) is 29.3 Å². The molecule has 1 aromatic rings. The van der Waals surface area contributed by atoms with Crippen LogP contribution in [0, 0.1) is 6.92 Å². The molecule has 98 valence electrons. The monoisotopic (exact) mass is 249 g/mol. The van der Waals surface area contributed by atoms with E-state index in [0.717, 1.165) is 31.4 Å². The van der Waals surface area contributed by atoms with Gasteiger partial charge in [0.2, 0.25) is 0 Å². The van der Waals surface area contributed by atoms with Crippen LogP contribution >= 0.6 is 0 Å². The highest BCUT2D eigenvalue weighted by atomic mass is 16.6. The minimum absolute atomic E-state index is 0.0359. The van der Waals surface area contributed by atoms with Crippen molar-refractivity contribution in [2.75, 3.05) is 18.9 Å². The van der Waals surface area contributed by atoms with Crippen LogP contribution in [-0.4, -0.2) is 25.3 Å². The van der Waals surface area contributed by atoms with Crippen LogP contribution in [0.3, 0.4) is 0 Å². The molecule has 0 spiro atoms. The molecule has 4 nitrogen and oxygen atoms in total. The molecule has 2 rings (SSSR count). The molecular formula is C14H19NO3. The third-order valence-electron chi connectivity index (χ3n) is 3.10. The minimum Gasteiger partial charge on any atom is -0.459 e. The molecule has 0 radical (unpaired) electrons.